The number of hydrogen-bond donors (Lipinski definition) is 2. The van der Waals surface area contributed by atoms with E-state index in [0.717, 1.165) is 34.7 Å². The summed E-state index contributed by atoms with van der Waals surface area (Å²) in [6, 6.07) is 11.2. The van der Waals surface area contributed by atoms with Crippen LogP contribution in [0, 0.1) is 27.7 Å². The number of carbonyl (C=O) groups excluding carboxylic acids is 1. The first-order valence-electron chi connectivity index (χ1n) is 11.0. The number of anilines is 1. The lowest BCUT2D eigenvalue weighted by molar-refractivity contribution is 0.0976. The third-order valence-electron chi connectivity index (χ3n) is 5.73. The molecule has 0 bridgehead atoms. The molecule has 3 aromatic rings. The van der Waals surface area contributed by atoms with Crippen molar-refractivity contribution in [1.82, 2.24) is 15.1 Å². The number of ether oxygens (including phenoxy) is 2. The number of hydrogen-bond acceptors (Lipinski definition) is 5. The predicted octanol–water partition coefficient (Wildman–Crippen LogP) is 4.26. The summed E-state index contributed by atoms with van der Waals surface area (Å²) in [6.07, 6.45) is 0. The molecule has 33 heavy (non-hydrogen) atoms. The van der Waals surface area contributed by atoms with Crippen LogP contribution in [0.2, 0.25) is 0 Å². The zero-order valence-electron chi connectivity index (χ0n) is 19.7. The van der Waals surface area contributed by atoms with Crippen molar-refractivity contribution >= 4 is 17.6 Å². The van der Waals surface area contributed by atoms with E-state index in [-0.39, 0.29) is 12.7 Å². The van der Waals surface area contributed by atoms with Gasteiger partial charge in [0, 0.05) is 29.1 Å². The molecule has 0 aliphatic carbocycles. The average Bonchev–Trinajstić information content (AvgIpc) is 3.37. The van der Waals surface area contributed by atoms with Gasteiger partial charge in [-0.1, -0.05) is 17.7 Å². The molecule has 0 radical (unpaired) electrons. The molecule has 4 rings (SSSR count). The standard InChI is InChI=1S/C25H29N5O3/c1-6-30-18(5)20(17(4)29-30)13-26-25(27-21-9-7-15(2)11-16(21)3)28-24(31)19-8-10-22-23(12-19)33-14-32-22/h7-12H,6,13-14H2,1-5H3,(H2,26,27,28,31). The van der Waals surface area contributed by atoms with E-state index in [1.807, 2.05) is 44.5 Å². The van der Waals surface area contributed by atoms with E-state index in [1.54, 1.807) is 18.2 Å². The van der Waals surface area contributed by atoms with Crippen molar-refractivity contribution in [3.8, 4) is 11.5 Å². The monoisotopic (exact) mass is 447 g/mol. The summed E-state index contributed by atoms with van der Waals surface area (Å²) in [5.41, 5.74) is 6.63. The van der Waals surface area contributed by atoms with Gasteiger partial charge < -0.3 is 14.8 Å². The summed E-state index contributed by atoms with van der Waals surface area (Å²) in [5, 5.41) is 10.8. The fourth-order valence-electron chi connectivity index (χ4n) is 3.84. The average molecular weight is 448 g/mol. The van der Waals surface area contributed by atoms with Gasteiger partial charge in [0.05, 0.1) is 12.2 Å². The number of amides is 1. The maximum absolute atomic E-state index is 13.0. The molecule has 8 nitrogen and oxygen atoms in total. The molecule has 8 heteroatoms. The Hall–Kier alpha value is -3.81. The van der Waals surface area contributed by atoms with E-state index < -0.39 is 0 Å². The zero-order chi connectivity index (χ0) is 23.5. The minimum atomic E-state index is -0.290. The molecule has 1 aliphatic rings. The maximum atomic E-state index is 13.0. The lowest BCUT2D eigenvalue weighted by atomic mass is 10.1. The predicted molar refractivity (Wildman–Crippen MR) is 128 cm³/mol. The van der Waals surface area contributed by atoms with Gasteiger partial charge >= 0.3 is 0 Å². The number of carbonyl (C=O) groups is 1. The van der Waals surface area contributed by atoms with Crippen molar-refractivity contribution in [2.75, 3.05) is 12.1 Å². The van der Waals surface area contributed by atoms with Crippen LogP contribution in [0.1, 0.15) is 45.4 Å². The van der Waals surface area contributed by atoms with Crippen LogP contribution in [0.4, 0.5) is 5.69 Å². The SMILES string of the molecule is CCn1nc(C)c(CN=C(NC(=O)c2ccc3c(c2)OCO3)Nc2ccc(C)cc2C)c1C. The number of aliphatic imine (C=N–C) groups is 1. The number of aromatic nitrogens is 2. The molecule has 0 unspecified atom stereocenters. The van der Waals surface area contributed by atoms with Crippen LogP contribution in [0.3, 0.4) is 0 Å². The Morgan fingerprint density at radius 2 is 1.88 bits per heavy atom. The molecule has 1 aliphatic heterocycles. The highest BCUT2D eigenvalue weighted by molar-refractivity contribution is 6.10. The quantitative estimate of drug-likeness (QED) is 0.451. The molecule has 1 amide bonds. The van der Waals surface area contributed by atoms with Gasteiger partial charge in [-0.3, -0.25) is 14.8 Å². The highest BCUT2D eigenvalue weighted by Gasteiger charge is 2.18. The van der Waals surface area contributed by atoms with Crippen LogP contribution in [-0.4, -0.2) is 28.4 Å². The fraction of sp³-hybridized carbons (Fsp3) is 0.320. The molecule has 172 valence electrons. The summed E-state index contributed by atoms with van der Waals surface area (Å²) < 4.78 is 12.7. The van der Waals surface area contributed by atoms with Crippen molar-refractivity contribution in [2.24, 2.45) is 4.99 Å². The van der Waals surface area contributed by atoms with Crippen LogP contribution < -0.4 is 20.1 Å². The van der Waals surface area contributed by atoms with Gasteiger partial charge in [-0.15, -0.1) is 0 Å². The Morgan fingerprint density at radius 1 is 1.09 bits per heavy atom. The summed E-state index contributed by atoms with van der Waals surface area (Å²) in [5.74, 6) is 1.27. The van der Waals surface area contributed by atoms with Gasteiger partial charge in [0.25, 0.3) is 5.91 Å². The Bertz CT molecular complexity index is 1230. The van der Waals surface area contributed by atoms with Crippen molar-refractivity contribution in [3.05, 3.63) is 70.0 Å². The number of nitrogens with one attached hydrogen (secondary N) is 2. The summed E-state index contributed by atoms with van der Waals surface area (Å²) >= 11 is 0. The van der Waals surface area contributed by atoms with E-state index in [1.165, 1.54) is 5.56 Å². The molecular weight excluding hydrogens is 418 g/mol. The Labute approximate surface area is 193 Å². The topological polar surface area (TPSA) is 89.8 Å². The van der Waals surface area contributed by atoms with Gasteiger partial charge in [0.1, 0.15) is 0 Å². The van der Waals surface area contributed by atoms with Crippen LogP contribution in [0.5, 0.6) is 11.5 Å². The Kier molecular flexibility index (Phi) is 6.35. The third-order valence-corrected chi connectivity index (χ3v) is 5.73. The highest BCUT2D eigenvalue weighted by Crippen LogP contribution is 2.32. The number of fused-ring (bicyclic) bond motifs is 1. The first-order valence-corrected chi connectivity index (χ1v) is 11.0. The second-order valence-electron chi connectivity index (χ2n) is 8.10. The molecule has 0 saturated heterocycles. The molecular formula is C25H29N5O3. The number of guanidine groups is 1. The normalized spacial score (nSPS) is 12.7. The summed E-state index contributed by atoms with van der Waals surface area (Å²) in [6.45, 7) is 11.5. The van der Waals surface area contributed by atoms with E-state index >= 15 is 0 Å². The van der Waals surface area contributed by atoms with Crippen LogP contribution in [-0.2, 0) is 13.1 Å². The highest BCUT2D eigenvalue weighted by atomic mass is 16.7. The molecule has 0 atom stereocenters. The minimum Gasteiger partial charge on any atom is -0.454 e. The van der Waals surface area contributed by atoms with E-state index in [0.29, 0.717) is 29.6 Å². The van der Waals surface area contributed by atoms with Crippen molar-refractivity contribution in [2.45, 2.75) is 47.7 Å². The lowest BCUT2D eigenvalue weighted by Gasteiger charge is -2.14. The van der Waals surface area contributed by atoms with Crippen LogP contribution in [0.25, 0.3) is 0 Å². The molecule has 1 aromatic heterocycles. The molecule has 2 N–H and O–H groups in total. The first kappa shape index (κ1) is 22.4. The summed E-state index contributed by atoms with van der Waals surface area (Å²) in [7, 11) is 0. The van der Waals surface area contributed by atoms with Crippen molar-refractivity contribution < 1.29 is 14.3 Å². The van der Waals surface area contributed by atoms with Gasteiger partial charge in [-0.25, -0.2) is 4.99 Å². The largest absolute Gasteiger partial charge is 0.454 e. The first-order chi connectivity index (χ1) is 15.9. The van der Waals surface area contributed by atoms with Gasteiger partial charge in [0.2, 0.25) is 12.8 Å². The van der Waals surface area contributed by atoms with Crippen LogP contribution >= 0.6 is 0 Å². The molecule has 2 aromatic carbocycles. The van der Waals surface area contributed by atoms with Gasteiger partial charge in [-0.05, 0) is 64.4 Å². The van der Waals surface area contributed by atoms with Crippen molar-refractivity contribution in [3.63, 3.8) is 0 Å². The van der Waals surface area contributed by atoms with Gasteiger partial charge in [0.15, 0.2) is 11.5 Å². The van der Waals surface area contributed by atoms with Crippen LogP contribution in [0.15, 0.2) is 41.4 Å². The van der Waals surface area contributed by atoms with Crippen molar-refractivity contribution in [1.29, 1.82) is 0 Å². The lowest BCUT2D eigenvalue weighted by Crippen LogP contribution is -2.36. The Morgan fingerprint density at radius 3 is 2.61 bits per heavy atom. The zero-order valence-corrected chi connectivity index (χ0v) is 19.7. The summed E-state index contributed by atoms with van der Waals surface area (Å²) in [4.78, 5) is 17.8. The number of aryl methyl sites for hydroxylation is 4. The number of rotatable bonds is 5. The van der Waals surface area contributed by atoms with E-state index in [9.17, 15) is 4.79 Å². The molecule has 0 fully saturated rings. The number of nitrogens with zero attached hydrogens (tertiary/aromatic N) is 3. The second-order valence-corrected chi connectivity index (χ2v) is 8.10. The Balaban J connectivity index is 1.61. The smallest absolute Gasteiger partial charge is 0.258 e. The van der Waals surface area contributed by atoms with Gasteiger partial charge in [-0.2, -0.15) is 5.10 Å². The minimum absolute atomic E-state index is 0.158. The molecule has 0 saturated carbocycles. The third kappa shape index (κ3) is 4.84. The maximum Gasteiger partial charge on any atom is 0.258 e. The molecule has 2 heterocycles. The fourth-order valence-corrected chi connectivity index (χ4v) is 3.84. The second kappa shape index (κ2) is 9.36. The van der Waals surface area contributed by atoms with E-state index in [2.05, 4.69) is 28.7 Å². The number of benzene rings is 2. The molecule has 0 spiro atoms. The van der Waals surface area contributed by atoms with E-state index in [4.69, 9.17) is 14.5 Å².